The first-order valence-electron chi connectivity index (χ1n) is 12.6. The highest BCUT2D eigenvalue weighted by molar-refractivity contribution is 5.82. The maximum Gasteiger partial charge on any atom is 0.231 e. The molecule has 6 nitrogen and oxygen atoms in total. The van der Waals surface area contributed by atoms with Crippen molar-refractivity contribution in [2.45, 2.75) is 57.9 Å². The number of likely N-dealkylation sites (tertiary alicyclic amines) is 1. The Bertz CT molecular complexity index is 1030. The Balaban J connectivity index is 1.29. The number of hydrogen-bond donors (Lipinski definition) is 1. The molecule has 1 saturated carbocycles. The van der Waals surface area contributed by atoms with E-state index >= 15 is 0 Å². The topological polar surface area (TPSA) is 67.9 Å². The molecule has 2 amide bonds. The summed E-state index contributed by atoms with van der Waals surface area (Å²) in [5.74, 6) is 1.78. The van der Waals surface area contributed by atoms with Crippen molar-refractivity contribution in [2.24, 2.45) is 11.8 Å². The van der Waals surface area contributed by atoms with Gasteiger partial charge in [0, 0.05) is 31.5 Å². The van der Waals surface area contributed by atoms with E-state index in [1.165, 1.54) is 11.1 Å². The number of carbonyl (C=O) groups is 2. The third kappa shape index (κ3) is 4.91. The van der Waals surface area contributed by atoms with Gasteiger partial charge in [-0.1, -0.05) is 50.1 Å². The minimum absolute atomic E-state index is 0.0109. The van der Waals surface area contributed by atoms with Crippen LogP contribution in [0.3, 0.4) is 0 Å². The largest absolute Gasteiger partial charge is 0.454 e. The first kappa shape index (κ1) is 22.8. The predicted molar refractivity (Wildman–Crippen MR) is 130 cm³/mol. The molecular formula is C28H34N2O4. The standard InChI is InChI=1S/C28H34N2O4/c1-2-19-7-10-21(11-8-19)23-14-24(17-30(16-23)28(32)22-5-3-4-6-22)27(31)29-15-20-9-12-25-26(13-20)34-18-33-25/h7-13,22-24H,2-6,14-18H2,1H3,(H,29,31). The Morgan fingerprint density at radius 2 is 1.68 bits per heavy atom. The number of nitrogens with one attached hydrogen (secondary N) is 1. The smallest absolute Gasteiger partial charge is 0.231 e. The molecule has 6 heteroatoms. The number of carbonyl (C=O) groups excluding carboxylic acids is 2. The molecule has 0 aromatic heterocycles. The number of benzene rings is 2. The lowest BCUT2D eigenvalue weighted by molar-refractivity contribution is -0.139. The Morgan fingerprint density at radius 1 is 0.941 bits per heavy atom. The van der Waals surface area contributed by atoms with Gasteiger partial charge < -0.3 is 19.7 Å². The van der Waals surface area contributed by atoms with Gasteiger partial charge in [0.05, 0.1) is 5.92 Å². The number of ether oxygens (including phenoxy) is 2. The second-order valence-corrected chi connectivity index (χ2v) is 9.85. The molecule has 1 aliphatic carbocycles. The molecule has 5 rings (SSSR count). The van der Waals surface area contributed by atoms with Crippen molar-refractivity contribution < 1.29 is 19.1 Å². The second kappa shape index (κ2) is 10.1. The van der Waals surface area contributed by atoms with Crippen molar-refractivity contribution in [1.29, 1.82) is 0 Å². The molecule has 2 fully saturated rings. The lowest BCUT2D eigenvalue weighted by Crippen LogP contribution is -2.49. The van der Waals surface area contributed by atoms with Crippen LogP contribution in [0.5, 0.6) is 11.5 Å². The molecule has 1 N–H and O–H groups in total. The van der Waals surface area contributed by atoms with E-state index in [4.69, 9.17) is 9.47 Å². The van der Waals surface area contributed by atoms with E-state index < -0.39 is 0 Å². The summed E-state index contributed by atoms with van der Waals surface area (Å²) in [7, 11) is 0. The van der Waals surface area contributed by atoms with Crippen LogP contribution in [0.2, 0.25) is 0 Å². The van der Waals surface area contributed by atoms with Crippen LogP contribution in [0, 0.1) is 11.8 Å². The number of nitrogens with zero attached hydrogens (tertiary/aromatic N) is 1. The van der Waals surface area contributed by atoms with Crippen molar-refractivity contribution in [3.05, 3.63) is 59.2 Å². The van der Waals surface area contributed by atoms with E-state index in [1.54, 1.807) is 0 Å². The van der Waals surface area contributed by atoms with Crippen molar-refractivity contribution >= 4 is 11.8 Å². The molecule has 3 aliphatic rings. The van der Waals surface area contributed by atoms with Crippen LogP contribution in [-0.2, 0) is 22.6 Å². The maximum absolute atomic E-state index is 13.3. The van der Waals surface area contributed by atoms with Gasteiger partial charge in [0.15, 0.2) is 11.5 Å². The quantitative estimate of drug-likeness (QED) is 0.690. The van der Waals surface area contributed by atoms with Crippen molar-refractivity contribution in [3.63, 3.8) is 0 Å². The van der Waals surface area contributed by atoms with E-state index in [0.29, 0.717) is 25.4 Å². The van der Waals surface area contributed by atoms with Crippen molar-refractivity contribution in [1.82, 2.24) is 10.2 Å². The molecule has 1 saturated heterocycles. The van der Waals surface area contributed by atoms with Crippen LogP contribution in [-0.4, -0.2) is 36.6 Å². The summed E-state index contributed by atoms with van der Waals surface area (Å²) in [5.41, 5.74) is 3.49. The van der Waals surface area contributed by atoms with Crippen LogP contribution in [0.15, 0.2) is 42.5 Å². The summed E-state index contributed by atoms with van der Waals surface area (Å²) in [6.45, 7) is 4.02. The number of piperidine rings is 1. The van der Waals surface area contributed by atoms with E-state index in [0.717, 1.165) is 49.8 Å². The fourth-order valence-corrected chi connectivity index (χ4v) is 5.55. The molecule has 180 valence electrons. The van der Waals surface area contributed by atoms with Crippen LogP contribution < -0.4 is 14.8 Å². The molecule has 2 unspecified atom stereocenters. The summed E-state index contributed by atoms with van der Waals surface area (Å²) < 4.78 is 10.8. The molecule has 2 atom stereocenters. The van der Waals surface area contributed by atoms with E-state index in [-0.39, 0.29) is 36.4 Å². The fourth-order valence-electron chi connectivity index (χ4n) is 5.55. The number of hydrogen-bond acceptors (Lipinski definition) is 4. The first-order valence-corrected chi connectivity index (χ1v) is 12.6. The van der Waals surface area contributed by atoms with Crippen LogP contribution >= 0.6 is 0 Å². The third-order valence-corrected chi connectivity index (χ3v) is 7.60. The monoisotopic (exact) mass is 462 g/mol. The Labute approximate surface area is 201 Å². The second-order valence-electron chi connectivity index (χ2n) is 9.85. The molecule has 34 heavy (non-hydrogen) atoms. The summed E-state index contributed by atoms with van der Waals surface area (Å²) in [5, 5.41) is 3.11. The molecule has 2 aromatic carbocycles. The van der Waals surface area contributed by atoms with Gasteiger partial charge in [-0.2, -0.15) is 0 Å². The van der Waals surface area contributed by atoms with Gasteiger partial charge >= 0.3 is 0 Å². The molecule has 0 radical (unpaired) electrons. The van der Waals surface area contributed by atoms with Gasteiger partial charge in [-0.05, 0) is 54.5 Å². The minimum Gasteiger partial charge on any atom is -0.454 e. The normalized spacial score (nSPS) is 22.1. The van der Waals surface area contributed by atoms with E-state index in [2.05, 4.69) is 36.5 Å². The Kier molecular flexibility index (Phi) is 6.75. The third-order valence-electron chi connectivity index (χ3n) is 7.60. The lowest BCUT2D eigenvalue weighted by Gasteiger charge is -2.38. The van der Waals surface area contributed by atoms with Gasteiger partial charge in [-0.25, -0.2) is 0 Å². The minimum atomic E-state index is -0.219. The number of amides is 2. The molecule has 2 heterocycles. The molecule has 2 aliphatic heterocycles. The average Bonchev–Trinajstić information content (AvgIpc) is 3.58. The summed E-state index contributed by atoms with van der Waals surface area (Å²) >= 11 is 0. The zero-order chi connectivity index (χ0) is 23.5. The lowest BCUT2D eigenvalue weighted by atomic mass is 9.83. The van der Waals surface area contributed by atoms with Gasteiger partial charge in [-0.15, -0.1) is 0 Å². The fraction of sp³-hybridized carbons (Fsp3) is 0.500. The zero-order valence-electron chi connectivity index (χ0n) is 19.9. The highest BCUT2D eigenvalue weighted by Gasteiger charge is 2.37. The van der Waals surface area contributed by atoms with Crippen LogP contribution in [0.4, 0.5) is 0 Å². The molecular weight excluding hydrogens is 428 g/mol. The van der Waals surface area contributed by atoms with Crippen molar-refractivity contribution in [3.8, 4) is 11.5 Å². The Morgan fingerprint density at radius 3 is 2.44 bits per heavy atom. The maximum atomic E-state index is 13.3. The van der Waals surface area contributed by atoms with Gasteiger partial charge in [0.25, 0.3) is 0 Å². The summed E-state index contributed by atoms with van der Waals surface area (Å²) in [4.78, 5) is 28.5. The van der Waals surface area contributed by atoms with Gasteiger partial charge in [0.1, 0.15) is 0 Å². The van der Waals surface area contributed by atoms with Crippen molar-refractivity contribution in [2.75, 3.05) is 19.9 Å². The van der Waals surface area contributed by atoms with Crippen LogP contribution in [0.25, 0.3) is 0 Å². The molecule has 2 aromatic rings. The first-order chi connectivity index (χ1) is 16.6. The predicted octanol–water partition coefficient (Wildman–Crippen LogP) is 4.42. The number of rotatable bonds is 6. The highest BCUT2D eigenvalue weighted by Crippen LogP contribution is 2.35. The summed E-state index contributed by atoms with van der Waals surface area (Å²) in [6, 6.07) is 14.4. The van der Waals surface area contributed by atoms with Gasteiger partial charge in [-0.3, -0.25) is 9.59 Å². The summed E-state index contributed by atoms with van der Waals surface area (Å²) in [6.07, 6.45) is 5.98. The number of aryl methyl sites for hydroxylation is 1. The van der Waals surface area contributed by atoms with Gasteiger partial charge in [0.2, 0.25) is 18.6 Å². The van der Waals surface area contributed by atoms with E-state index in [9.17, 15) is 9.59 Å². The molecule has 0 spiro atoms. The Hall–Kier alpha value is -3.02. The highest BCUT2D eigenvalue weighted by atomic mass is 16.7. The van der Waals surface area contributed by atoms with E-state index in [1.807, 2.05) is 23.1 Å². The zero-order valence-corrected chi connectivity index (χ0v) is 19.9. The SMILES string of the molecule is CCc1ccc(C2CC(C(=O)NCc3ccc4c(c3)OCO4)CN(C(=O)C3CCCC3)C2)cc1. The average molecular weight is 463 g/mol. The van der Waals surface area contributed by atoms with Crippen LogP contribution in [0.1, 0.15) is 61.6 Å². The number of fused-ring (bicyclic) bond motifs is 1. The molecule has 0 bridgehead atoms.